The standard InChI is InChI=1S/C13H20FNO4S2/c1-10(2)13(3,4)9-15-21(18,19)12-7-5-11(6-8-12)20(14,16)17/h5-8,10,15H,9H2,1-4H3. The summed E-state index contributed by atoms with van der Waals surface area (Å²) in [7, 11) is -8.58. The molecular formula is C13H20FNO4S2. The number of hydrogen-bond acceptors (Lipinski definition) is 4. The van der Waals surface area contributed by atoms with Gasteiger partial charge in [-0.3, -0.25) is 0 Å². The van der Waals surface area contributed by atoms with Gasteiger partial charge >= 0.3 is 10.2 Å². The number of benzene rings is 1. The molecule has 1 aromatic carbocycles. The largest absolute Gasteiger partial charge is 0.332 e. The highest BCUT2D eigenvalue weighted by molar-refractivity contribution is 7.89. The second-order valence-corrected chi connectivity index (χ2v) is 8.99. The molecule has 120 valence electrons. The summed E-state index contributed by atoms with van der Waals surface area (Å²) in [6.07, 6.45) is 0. The third kappa shape index (κ3) is 4.76. The quantitative estimate of drug-likeness (QED) is 0.808. The molecule has 1 aromatic rings. The molecule has 0 heterocycles. The smallest absolute Gasteiger partial charge is 0.211 e. The highest BCUT2D eigenvalue weighted by Crippen LogP contribution is 2.25. The molecule has 0 unspecified atom stereocenters. The van der Waals surface area contributed by atoms with Gasteiger partial charge < -0.3 is 0 Å². The fourth-order valence-corrected chi connectivity index (χ4v) is 3.03. The van der Waals surface area contributed by atoms with Gasteiger partial charge in [0.15, 0.2) is 0 Å². The molecule has 8 heteroatoms. The molecule has 5 nitrogen and oxygen atoms in total. The summed E-state index contributed by atoms with van der Waals surface area (Å²) in [5.74, 6) is 0.277. The third-order valence-corrected chi connectivity index (χ3v) is 5.95. The van der Waals surface area contributed by atoms with Crippen molar-refractivity contribution < 1.29 is 20.7 Å². The van der Waals surface area contributed by atoms with Crippen LogP contribution in [0.4, 0.5) is 3.89 Å². The van der Waals surface area contributed by atoms with Crippen molar-refractivity contribution >= 4 is 20.2 Å². The van der Waals surface area contributed by atoms with Crippen LogP contribution >= 0.6 is 0 Å². The molecular weight excluding hydrogens is 317 g/mol. The van der Waals surface area contributed by atoms with Crippen molar-refractivity contribution in [3.8, 4) is 0 Å². The maximum atomic E-state index is 12.7. The fourth-order valence-electron chi connectivity index (χ4n) is 1.35. The number of sulfonamides is 1. The molecule has 1 N–H and O–H groups in total. The Morgan fingerprint density at radius 3 is 1.86 bits per heavy atom. The van der Waals surface area contributed by atoms with E-state index < -0.39 is 25.1 Å². The summed E-state index contributed by atoms with van der Waals surface area (Å²) in [5, 5.41) is 0. The molecule has 0 spiro atoms. The van der Waals surface area contributed by atoms with E-state index in [1.165, 1.54) is 0 Å². The van der Waals surface area contributed by atoms with Crippen LogP contribution < -0.4 is 4.72 Å². The van der Waals surface area contributed by atoms with E-state index in [0.717, 1.165) is 24.3 Å². The van der Waals surface area contributed by atoms with Crippen LogP contribution in [0.15, 0.2) is 34.1 Å². The predicted octanol–water partition coefficient (Wildman–Crippen LogP) is 2.31. The van der Waals surface area contributed by atoms with E-state index >= 15 is 0 Å². The van der Waals surface area contributed by atoms with Crippen molar-refractivity contribution in [3.63, 3.8) is 0 Å². The van der Waals surface area contributed by atoms with Crippen molar-refractivity contribution in [1.29, 1.82) is 0 Å². The van der Waals surface area contributed by atoms with Gasteiger partial charge in [0.1, 0.15) is 0 Å². The molecule has 0 fully saturated rings. The number of halogens is 1. The molecule has 0 aliphatic heterocycles. The van der Waals surface area contributed by atoms with Gasteiger partial charge in [-0.2, -0.15) is 8.42 Å². The molecule has 0 aliphatic carbocycles. The van der Waals surface area contributed by atoms with Gasteiger partial charge in [0, 0.05) is 6.54 Å². The SMILES string of the molecule is CC(C)C(C)(C)CNS(=O)(=O)c1ccc(S(=O)(=O)F)cc1. The Bertz CT molecular complexity index is 692. The summed E-state index contributed by atoms with van der Waals surface area (Å²) in [5.41, 5.74) is -0.227. The minimum Gasteiger partial charge on any atom is -0.211 e. The summed E-state index contributed by atoms with van der Waals surface area (Å²) in [4.78, 5) is -0.668. The van der Waals surface area contributed by atoms with Crippen LogP contribution in [0.1, 0.15) is 27.7 Å². The van der Waals surface area contributed by atoms with E-state index in [2.05, 4.69) is 4.72 Å². The zero-order valence-corrected chi connectivity index (χ0v) is 14.1. The zero-order valence-electron chi connectivity index (χ0n) is 12.4. The van der Waals surface area contributed by atoms with Gasteiger partial charge in [-0.25, -0.2) is 13.1 Å². The molecule has 1 rings (SSSR count). The molecule has 0 radical (unpaired) electrons. The molecule has 0 bridgehead atoms. The molecule has 0 amide bonds. The van der Waals surface area contributed by atoms with E-state index in [-0.39, 0.29) is 22.8 Å². The second kappa shape index (κ2) is 6.02. The third-order valence-electron chi connectivity index (χ3n) is 3.70. The van der Waals surface area contributed by atoms with E-state index in [1.807, 2.05) is 27.7 Å². The van der Waals surface area contributed by atoms with Gasteiger partial charge in [0.05, 0.1) is 9.79 Å². The van der Waals surface area contributed by atoms with Gasteiger partial charge in [0.2, 0.25) is 10.0 Å². The van der Waals surface area contributed by atoms with E-state index in [9.17, 15) is 20.7 Å². The average molecular weight is 337 g/mol. The lowest BCUT2D eigenvalue weighted by Crippen LogP contribution is -2.36. The van der Waals surface area contributed by atoms with Crippen LogP contribution in [0, 0.1) is 11.3 Å². The monoisotopic (exact) mass is 337 g/mol. The normalized spacial score (nSPS) is 13.6. The predicted molar refractivity (Wildman–Crippen MR) is 78.5 cm³/mol. The topological polar surface area (TPSA) is 80.3 Å². The number of nitrogens with one attached hydrogen (secondary N) is 1. The molecule has 21 heavy (non-hydrogen) atoms. The Balaban J connectivity index is 2.94. The van der Waals surface area contributed by atoms with Crippen LogP contribution in [0.2, 0.25) is 0 Å². The molecule has 0 aliphatic rings. The first-order valence-electron chi connectivity index (χ1n) is 6.41. The van der Waals surface area contributed by atoms with Gasteiger partial charge in [-0.1, -0.05) is 27.7 Å². The maximum Gasteiger partial charge on any atom is 0.332 e. The Kier molecular flexibility index (Phi) is 5.18. The van der Waals surface area contributed by atoms with Crippen LogP contribution in [-0.4, -0.2) is 23.4 Å². The Morgan fingerprint density at radius 2 is 1.48 bits per heavy atom. The zero-order chi connectivity index (χ0) is 16.5. The molecule has 0 atom stereocenters. The van der Waals surface area contributed by atoms with Crippen LogP contribution in [0.5, 0.6) is 0 Å². The highest BCUT2D eigenvalue weighted by atomic mass is 32.3. The number of rotatable bonds is 6. The molecule has 0 saturated carbocycles. The summed E-state index contributed by atoms with van der Waals surface area (Å²) in [6.45, 7) is 8.12. The highest BCUT2D eigenvalue weighted by Gasteiger charge is 2.25. The first kappa shape index (κ1) is 18.1. The number of hydrogen-bond donors (Lipinski definition) is 1. The minimum absolute atomic E-state index is 0.102. The van der Waals surface area contributed by atoms with Gasteiger partial charge in [0.25, 0.3) is 0 Å². The minimum atomic E-state index is -4.83. The lowest BCUT2D eigenvalue weighted by molar-refractivity contribution is 0.252. The molecule has 0 saturated heterocycles. The Morgan fingerprint density at radius 1 is 1.05 bits per heavy atom. The van der Waals surface area contributed by atoms with Crippen molar-refractivity contribution in [2.75, 3.05) is 6.54 Å². The second-order valence-electron chi connectivity index (χ2n) is 5.88. The summed E-state index contributed by atoms with van der Waals surface area (Å²) in [6, 6.07) is 3.99. The van der Waals surface area contributed by atoms with Crippen LogP contribution in [0.25, 0.3) is 0 Å². The van der Waals surface area contributed by atoms with E-state index in [4.69, 9.17) is 0 Å². The lowest BCUT2D eigenvalue weighted by Gasteiger charge is -2.29. The van der Waals surface area contributed by atoms with E-state index in [0.29, 0.717) is 0 Å². The van der Waals surface area contributed by atoms with Gasteiger partial charge in [-0.05, 0) is 35.6 Å². The fraction of sp³-hybridized carbons (Fsp3) is 0.538. The van der Waals surface area contributed by atoms with Crippen molar-refractivity contribution in [2.24, 2.45) is 11.3 Å². The lowest BCUT2D eigenvalue weighted by atomic mass is 9.81. The van der Waals surface area contributed by atoms with Crippen molar-refractivity contribution in [1.82, 2.24) is 4.72 Å². The van der Waals surface area contributed by atoms with E-state index in [1.54, 1.807) is 0 Å². The molecule has 0 aromatic heterocycles. The summed E-state index contributed by atoms with van der Waals surface area (Å²) < 4.78 is 60.8. The first-order chi connectivity index (χ1) is 9.36. The van der Waals surface area contributed by atoms with Crippen molar-refractivity contribution in [3.05, 3.63) is 24.3 Å². The van der Waals surface area contributed by atoms with Gasteiger partial charge in [-0.15, -0.1) is 3.89 Å². The average Bonchev–Trinajstić information content (AvgIpc) is 2.36. The van der Waals surface area contributed by atoms with Crippen molar-refractivity contribution in [2.45, 2.75) is 37.5 Å². The van der Waals surface area contributed by atoms with Crippen LogP contribution in [0.3, 0.4) is 0 Å². The van der Waals surface area contributed by atoms with Crippen LogP contribution in [-0.2, 0) is 20.2 Å². The first-order valence-corrected chi connectivity index (χ1v) is 9.27. The summed E-state index contributed by atoms with van der Waals surface area (Å²) >= 11 is 0. The maximum absolute atomic E-state index is 12.7. The Labute approximate surface area is 125 Å². The Hall–Kier alpha value is -0.990.